The van der Waals surface area contributed by atoms with Crippen molar-refractivity contribution >= 4 is 11.7 Å². The van der Waals surface area contributed by atoms with Gasteiger partial charge in [-0.25, -0.2) is 0 Å². The Morgan fingerprint density at radius 3 is 2.55 bits per heavy atom. The summed E-state index contributed by atoms with van der Waals surface area (Å²) in [6.45, 7) is 6.78. The van der Waals surface area contributed by atoms with Gasteiger partial charge in [0.25, 0.3) is 11.6 Å². The first-order valence-electron chi connectivity index (χ1n) is 7.95. The highest BCUT2D eigenvalue weighted by Crippen LogP contribution is 2.71. The van der Waals surface area contributed by atoms with E-state index in [2.05, 4.69) is 25.9 Å². The molecule has 0 N–H and O–H groups in total. The fourth-order valence-corrected chi connectivity index (χ4v) is 4.59. The maximum atomic E-state index is 12.5. The molecule has 0 aromatic heterocycles. The van der Waals surface area contributed by atoms with Crippen molar-refractivity contribution in [2.75, 3.05) is 0 Å². The summed E-state index contributed by atoms with van der Waals surface area (Å²) >= 11 is 0. The predicted octanol–water partition coefficient (Wildman–Crippen LogP) is 3.77. The number of nitrogens with zero attached hydrogens (tertiary/aromatic N) is 1. The molecule has 4 nitrogen and oxygen atoms in total. The molecule has 2 saturated carbocycles. The lowest BCUT2D eigenvalue weighted by Gasteiger charge is -2.42. The number of hydrogen-bond donors (Lipinski definition) is 0. The number of ketones is 1. The summed E-state index contributed by atoms with van der Waals surface area (Å²) in [7, 11) is 0. The Kier molecular flexibility index (Phi) is 2.58. The monoisotopic (exact) mass is 299 g/mol. The lowest BCUT2D eigenvalue weighted by Crippen LogP contribution is -2.49. The van der Waals surface area contributed by atoms with E-state index in [1.807, 2.05) is 18.2 Å². The first-order valence-corrected chi connectivity index (χ1v) is 7.95. The largest absolute Gasteiger partial charge is 0.427 e. The maximum absolute atomic E-state index is 12.5. The zero-order chi connectivity index (χ0) is 15.6. The third-order valence-corrected chi connectivity index (χ3v) is 6.56. The molecule has 0 saturated heterocycles. The van der Waals surface area contributed by atoms with E-state index in [0.717, 1.165) is 12.8 Å². The number of carbonyl (C=O) groups is 1. The molecule has 4 heteroatoms. The molecule has 2 bridgehead atoms. The lowest BCUT2D eigenvalue weighted by atomic mass is 9.68. The molecule has 1 spiro atoms. The Morgan fingerprint density at radius 1 is 1.23 bits per heavy atom. The van der Waals surface area contributed by atoms with Crippen molar-refractivity contribution in [1.82, 2.24) is 0 Å². The second kappa shape index (κ2) is 4.12. The lowest BCUT2D eigenvalue weighted by molar-refractivity contribution is -0.237. The van der Waals surface area contributed by atoms with E-state index in [1.54, 1.807) is 12.1 Å². The normalized spacial score (nSPS) is 37.8. The molecule has 22 heavy (non-hydrogen) atoms. The molecule has 3 atom stereocenters. The van der Waals surface area contributed by atoms with Gasteiger partial charge in [-0.3, -0.25) is 4.79 Å². The van der Waals surface area contributed by atoms with E-state index in [0.29, 0.717) is 11.5 Å². The van der Waals surface area contributed by atoms with E-state index in [1.165, 1.54) is 6.42 Å². The highest BCUT2D eigenvalue weighted by molar-refractivity contribution is 6.43. The molecule has 116 valence electrons. The van der Waals surface area contributed by atoms with Gasteiger partial charge in [0.15, 0.2) is 0 Å². The molecule has 1 aliphatic heterocycles. The van der Waals surface area contributed by atoms with Crippen LogP contribution >= 0.6 is 0 Å². The Bertz CT molecular complexity index is 666. The van der Waals surface area contributed by atoms with Gasteiger partial charge in [0.2, 0.25) is 0 Å². The fraction of sp³-hybridized carbons (Fsp3) is 0.556. The van der Waals surface area contributed by atoms with Gasteiger partial charge >= 0.3 is 5.90 Å². The minimum Gasteiger partial charge on any atom is -0.427 e. The number of rotatable bonds is 2. The summed E-state index contributed by atoms with van der Waals surface area (Å²) in [6.07, 6.45) is 3.05. The summed E-state index contributed by atoms with van der Waals surface area (Å²) in [5.41, 5.74) is 0.593. The molecule has 0 radical (unpaired) electrons. The van der Waals surface area contributed by atoms with E-state index in [9.17, 15) is 4.79 Å². The van der Waals surface area contributed by atoms with Crippen molar-refractivity contribution in [1.29, 1.82) is 0 Å². The van der Waals surface area contributed by atoms with Crippen LogP contribution in [0.5, 0.6) is 0 Å². The van der Waals surface area contributed by atoms with Crippen LogP contribution in [0, 0.1) is 16.7 Å². The summed E-state index contributed by atoms with van der Waals surface area (Å²) in [4.78, 5) is 18.3. The van der Waals surface area contributed by atoms with Crippen molar-refractivity contribution in [2.24, 2.45) is 21.9 Å². The highest BCUT2D eigenvalue weighted by atomic mass is 16.8. The fourth-order valence-electron chi connectivity index (χ4n) is 4.59. The number of benzene rings is 1. The third-order valence-electron chi connectivity index (χ3n) is 6.56. The highest BCUT2D eigenvalue weighted by Gasteiger charge is 2.74. The number of Topliss-reactive ketones (excluding diaryl/α,β-unsaturated/α-hetero) is 1. The summed E-state index contributed by atoms with van der Waals surface area (Å²) in [6, 6.07) is 9.09. The van der Waals surface area contributed by atoms with Gasteiger partial charge < -0.3 is 9.57 Å². The molecule has 2 aliphatic carbocycles. The van der Waals surface area contributed by atoms with E-state index >= 15 is 0 Å². The smallest absolute Gasteiger partial charge is 0.302 e. The number of fused-ring (bicyclic) bond motifs is 3. The Morgan fingerprint density at radius 2 is 1.95 bits per heavy atom. The van der Waals surface area contributed by atoms with Gasteiger partial charge in [-0.1, -0.05) is 51.1 Å². The second-order valence-electron chi connectivity index (χ2n) is 7.53. The van der Waals surface area contributed by atoms with Crippen molar-refractivity contribution < 1.29 is 14.4 Å². The molecular weight excluding hydrogens is 278 g/mol. The van der Waals surface area contributed by atoms with Crippen LogP contribution < -0.4 is 0 Å². The van der Waals surface area contributed by atoms with Crippen molar-refractivity contribution in [3.05, 3.63) is 35.9 Å². The average molecular weight is 299 g/mol. The van der Waals surface area contributed by atoms with Crippen LogP contribution in [0.15, 0.2) is 35.5 Å². The van der Waals surface area contributed by atoms with Gasteiger partial charge in [-0.2, -0.15) is 0 Å². The zero-order valence-electron chi connectivity index (χ0n) is 13.3. The topological polar surface area (TPSA) is 47.9 Å². The molecule has 0 unspecified atom stereocenters. The minimum absolute atomic E-state index is 0.0933. The predicted molar refractivity (Wildman–Crippen MR) is 82.3 cm³/mol. The molecule has 3 aliphatic rings. The maximum Gasteiger partial charge on any atom is 0.302 e. The molecule has 1 aromatic carbocycles. The van der Waals surface area contributed by atoms with Crippen molar-refractivity contribution in [2.45, 2.75) is 45.8 Å². The quantitative estimate of drug-likeness (QED) is 0.781. The zero-order valence-corrected chi connectivity index (χ0v) is 13.3. The number of hydrogen-bond acceptors (Lipinski definition) is 4. The van der Waals surface area contributed by atoms with Crippen molar-refractivity contribution in [3.8, 4) is 0 Å². The van der Waals surface area contributed by atoms with Gasteiger partial charge in [-0.15, -0.1) is 0 Å². The van der Waals surface area contributed by atoms with Crippen LogP contribution in [-0.2, 0) is 9.57 Å². The van der Waals surface area contributed by atoms with Crippen molar-refractivity contribution in [3.63, 3.8) is 0 Å². The third kappa shape index (κ3) is 1.48. The SMILES string of the molecule is CC1(C)[C@@H]2CC[C@@]1(C)[C@]1(C2)ON=C(C(=O)c2ccccc2)O1. The van der Waals surface area contributed by atoms with Gasteiger partial charge in [0.05, 0.1) is 5.41 Å². The van der Waals surface area contributed by atoms with Crippen LogP contribution in [-0.4, -0.2) is 17.5 Å². The average Bonchev–Trinajstić information content (AvgIpc) is 3.08. The number of oxime groups is 1. The van der Waals surface area contributed by atoms with Crippen LogP contribution in [0.4, 0.5) is 0 Å². The van der Waals surface area contributed by atoms with E-state index in [-0.39, 0.29) is 22.5 Å². The summed E-state index contributed by atoms with van der Waals surface area (Å²) < 4.78 is 6.08. The standard InChI is InChI=1S/C18H21NO3/c1-16(2)13-9-10-17(16,3)18(11-13)21-15(19-22-18)14(20)12-7-5-4-6-8-12/h4-8,13H,9-11H2,1-3H3/t13-,17-,18+/m1/s1. The minimum atomic E-state index is -0.765. The van der Waals surface area contributed by atoms with Crippen LogP contribution in [0.25, 0.3) is 0 Å². The number of ether oxygens (including phenoxy) is 1. The number of carbonyl (C=O) groups excluding carboxylic acids is 1. The molecule has 4 rings (SSSR count). The van der Waals surface area contributed by atoms with Gasteiger partial charge in [-0.05, 0) is 29.3 Å². The van der Waals surface area contributed by atoms with Gasteiger partial charge in [0.1, 0.15) is 0 Å². The Hall–Kier alpha value is -1.84. The van der Waals surface area contributed by atoms with E-state index < -0.39 is 5.79 Å². The molecule has 0 amide bonds. The first kappa shape index (κ1) is 13.8. The van der Waals surface area contributed by atoms with Crippen LogP contribution in [0.2, 0.25) is 0 Å². The van der Waals surface area contributed by atoms with Gasteiger partial charge in [0, 0.05) is 12.0 Å². The first-order chi connectivity index (χ1) is 10.4. The Labute approximate surface area is 130 Å². The van der Waals surface area contributed by atoms with Crippen LogP contribution in [0.1, 0.15) is 50.4 Å². The molecule has 2 fully saturated rings. The van der Waals surface area contributed by atoms with Crippen LogP contribution in [0.3, 0.4) is 0 Å². The Balaban J connectivity index is 1.62. The van der Waals surface area contributed by atoms with E-state index in [4.69, 9.17) is 9.57 Å². The molecule has 1 heterocycles. The second-order valence-corrected chi connectivity index (χ2v) is 7.53. The summed E-state index contributed by atoms with van der Waals surface area (Å²) in [5.74, 6) is -0.324. The molecule has 1 aromatic rings. The summed E-state index contributed by atoms with van der Waals surface area (Å²) in [5, 5.41) is 4.02. The molecular formula is C18H21NO3.